The Labute approximate surface area is 150 Å². The van der Waals surface area contributed by atoms with Crippen LogP contribution in [0.25, 0.3) is 0 Å². The van der Waals surface area contributed by atoms with E-state index in [9.17, 15) is 0 Å². The number of hydrogen-bond donors (Lipinski definition) is 2. The van der Waals surface area contributed by atoms with Gasteiger partial charge in [-0.05, 0) is 49.2 Å². The van der Waals surface area contributed by atoms with Crippen molar-refractivity contribution >= 4 is 30.5 Å². The van der Waals surface area contributed by atoms with Gasteiger partial charge in [0.2, 0.25) is 0 Å². The topological polar surface area (TPSA) is 33.3 Å². The quantitative estimate of drug-likeness (QED) is 0.812. The van der Waals surface area contributed by atoms with E-state index in [2.05, 4.69) is 47.0 Å². The molecule has 2 N–H and O–H groups in total. The second-order valence-electron chi connectivity index (χ2n) is 5.47. The molecule has 0 unspecified atom stereocenters. The predicted octanol–water partition coefficient (Wildman–Crippen LogP) is 4.27. The van der Waals surface area contributed by atoms with Crippen molar-refractivity contribution in [2.75, 3.05) is 18.5 Å². The number of benzene rings is 2. The molecule has 0 aliphatic carbocycles. The Morgan fingerprint density at radius 2 is 1.74 bits per heavy atom. The van der Waals surface area contributed by atoms with E-state index in [1.807, 2.05) is 18.2 Å². The third kappa shape index (κ3) is 6.30. The summed E-state index contributed by atoms with van der Waals surface area (Å²) in [4.78, 5) is 0. The number of hydrogen-bond acceptors (Lipinski definition) is 3. The molecule has 0 spiro atoms. The molecule has 0 bridgehead atoms. The second kappa shape index (κ2) is 10.4. The molecular weight excluding hydrogens is 331 g/mol. The summed E-state index contributed by atoms with van der Waals surface area (Å²) in [5.41, 5.74) is 2.40. The van der Waals surface area contributed by atoms with Gasteiger partial charge in [-0.1, -0.05) is 30.3 Å². The SMILES string of the molecule is Cl.Cl.c1ccc(CNc2ccc(OC[C@H]3CCCN3)cc2)cc1. The third-order valence-electron chi connectivity index (χ3n) is 3.81. The van der Waals surface area contributed by atoms with Gasteiger partial charge in [-0.15, -0.1) is 24.8 Å². The van der Waals surface area contributed by atoms with E-state index in [4.69, 9.17) is 4.74 Å². The zero-order valence-electron chi connectivity index (χ0n) is 13.0. The van der Waals surface area contributed by atoms with Crippen LogP contribution in [0.3, 0.4) is 0 Å². The fourth-order valence-corrected chi connectivity index (χ4v) is 2.56. The minimum atomic E-state index is 0. The highest BCUT2D eigenvalue weighted by molar-refractivity contribution is 5.85. The van der Waals surface area contributed by atoms with Crippen LogP contribution < -0.4 is 15.4 Å². The molecule has 23 heavy (non-hydrogen) atoms. The van der Waals surface area contributed by atoms with Crippen LogP contribution in [0, 0.1) is 0 Å². The lowest BCUT2D eigenvalue weighted by Gasteiger charge is -2.13. The van der Waals surface area contributed by atoms with Gasteiger partial charge in [0, 0.05) is 18.3 Å². The molecule has 2 aromatic rings. The maximum atomic E-state index is 5.82. The van der Waals surface area contributed by atoms with Gasteiger partial charge >= 0.3 is 0 Å². The zero-order chi connectivity index (χ0) is 14.3. The van der Waals surface area contributed by atoms with Crippen molar-refractivity contribution in [2.24, 2.45) is 0 Å². The van der Waals surface area contributed by atoms with Crippen LogP contribution in [0.4, 0.5) is 5.69 Å². The van der Waals surface area contributed by atoms with Gasteiger partial charge in [0.25, 0.3) is 0 Å². The molecule has 3 rings (SSSR count). The predicted molar refractivity (Wildman–Crippen MR) is 101 cm³/mol. The minimum Gasteiger partial charge on any atom is -0.492 e. The summed E-state index contributed by atoms with van der Waals surface area (Å²) in [5, 5.41) is 6.86. The Kier molecular flexibility index (Phi) is 8.85. The molecule has 0 amide bonds. The van der Waals surface area contributed by atoms with Crippen molar-refractivity contribution in [1.29, 1.82) is 0 Å². The Balaban J connectivity index is 0.00000132. The van der Waals surface area contributed by atoms with Gasteiger partial charge < -0.3 is 15.4 Å². The average Bonchev–Trinajstić information content (AvgIpc) is 3.06. The molecule has 0 saturated carbocycles. The van der Waals surface area contributed by atoms with Crippen LogP contribution in [-0.2, 0) is 6.54 Å². The van der Waals surface area contributed by atoms with Crippen LogP contribution in [0.5, 0.6) is 5.75 Å². The maximum Gasteiger partial charge on any atom is 0.119 e. The molecule has 0 aromatic heterocycles. The molecule has 0 radical (unpaired) electrons. The molecule has 1 aliphatic heterocycles. The first-order valence-corrected chi connectivity index (χ1v) is 7.64. The van der Waals surface area contributed by atoms with E-state index in [0.29, 0.717) is 6.04 Å². The van der Waals surface area contributed by atoms with E-state index < -0.39 is 0 Å². The number of halogens is 2. The highest BCUT2D eigenvalue weighted by Crippen LogP contribution is 2.17. The second-order valence-corrected chi connectivity index (χ2v) is 5.47. The highest BCUT2D eigenvalue weighted by atomic mass is 35.5. The van der Waals surface area contributed by atoms with E-state index >= 15 is 0 Å². The summed E-state index contributed by atoms with van der Waals surface area (Å²) in [7, 11) is 0. The summed E-state index contributed by atoms with van der Waals surface area (Å²) in [6.07, 6.45) is 2.48. The molecule has 126 valence electrons. The summed E-state index contributed by atoms with van der Waals surface area (Å²) in [6, 6.07) is 19.1. The molecule has 1 saturated heterocycles. The first-order valence-electron chi connectivity index (χ1n) is 7.64. The Bertz CT molecular complexity index is 543. The molecule has 3 nitrogen and oxygen atoms in total. The Morgan fingerprint density at radius 3 is 2.39 bits per heavy atom. The fraction of sp³-hybridized carbons (Fsp3) is 0.333. The van der Waals surface area contributed by atoms with Crippen molar-refractivity contribution in [1.82, 2.24) is 5.32 Å². The van der Waals surface area contributed by atoms with Crippen LogP contribution >= 0.6 is 24.8 Å². The zero-order valence-corrected chi connectivity index (χ0v) is 14.7. The summed E-state index contributed by atoms with van der Waals surface area (Å²) < 4.78 is 5.82. The minimum absolute atomic E-state index is 0. The van der Waals surface area contributed by atoms with Gasteiger partial charge in [-0.25, -0.2) is 0 Å². The lowest BCUT2D eigenvalue weighted by molar-refractivity contribution is 0.277. The summed E-state index contributed by atoms with van der Waals surface area (Å²) >= 11 is 0. The molecule has 2 aromatic carbocycles. The van der Waals surface area contributed by atoms with E-state index in [0.717, 1.165) is 31.1 Å². The van der Waals surface area contributed by atoms with Gasteiger partial charge in [0.05, 0.1) is 0 Å². The number of anilines is 1. The van der Waals surface area contributed by atoms with Gasteiger partial charge in [-0.3, -0.25) is 0 Å². The lowest BCUT2D eigenvalue weighted by Crippen LogP contribution is -2.28. The smallest absolute Gasteiger partial charge is 0.119 e. The van der Waals surface area contributed by atoms with Crippen LogP contribution in [0.15, 0.2) is 54.6 Å². The van der Waals surface area contributed by atoms with E-state index in [-0.39, 0.29) is 24.8 Å². The number of rotatable bonds is 6. The van der Waals surface area contributed by atoms with Crippen molar-refractivity contribution in [3.05, 3.63) is 60.2 Å². The van der Waals surface area contributed by atoms with Crippen molar-refractivity contribution in [3.8, 4) is 5.75 Å². The molecule has 1 heterocycles. The number of ether oxygens (including phenoxy) is 1. The van der Waals surface area contributed by atoms with Crippen LogP contribution in [0.2, 0.25) is 0 Å². The molecule has 1 fully saturated rings. The van der Waals surface area contributed by atoms with Crippen molar-refractivity contribution < 1.29 is 4.74 Å². The molecular formula is C18H24Cl2N2O. The molecule has 5 heteroatoms. The fourth-order valence-electron chi connectivity index (χ4n) is 2.56. The molecule has 1 aliphatic rings. The monoisotopic (exact) mass is 354 g/mol. The van der Waals surface area contributed by atoms with Crippen molar-refractivity contribution in [3.63, 3.8) is 0 Å². The van der Waals surface area contributed by atoms with Crippen LogP contribution in [-0.4, -0.2) is 19.2 Å². The van der Waals surface area contributed by atoms with Crippen LogP contribution in [0.1, 0.15) is 18.4 Å². The summed E-state index contributed by atoms with van der Waals surface area (Å²) in [6.45, 7) is 2.72. The van der Waals surface area contributed by atoms with Gasteiger partial charge in [-0.2, -0.15) is 0 Å². The Hall–Kier alpha value is -1.42. The summed E-state index contributed by atoms with van der Waals surface area (Å²) in [5.74, 6) is 0.939. The van der Waals surface area contributed by atoms with E-state index in [1.54, 1.807) is 0 Å². The average molecular weight is 355 g/mol. The first kappa shape index (κ1) is 19.6. The normalized spacial score (nSPS) is 16.1. The first-order chi connectivity index (χ1) is 10.4. The van der Waals surface area contributed by atoms with Gasteiger partial charge in [0.15, 0.2) is 0 Å². The number of nitrogens with one attached hydrogen (secondary N) is 2. The largest absolute Gasteiger partial charge is 0.492 e. The standard InChI is InChI=1S/C18H22N2O.2ClH/c1-2-5-15(6-3-1)13-20-16-8-10-18(11-9-16)21-14-17-7-4-12-19-17;;/h1-3,5-6,8-11,17,19-20H,4,7,12-14H2;2*1H/t17-;;/m1../s1. The Morgan fingerprint density at radius 1 is 1.00 bits per heavy atom. The lowest BCUT2D eigenvalue weighted by atomic mass is 10.2. The third-order valence-corrected chi connectivity index (χ3v) is 3.81. The van der Waals surface area contributed by atoms with Crippen molar-refractivity contribution in [2.45, 2.75) is 25.4 Å². The van der Waals surface area contributed by atoms with E-state index in [1.165, 1.54) is 18.4 Å². The maximum absolute atomic E-state index is 5.82. The molecule has 1 atom stereocenters. The highest BCUT2D eigenvalue weighted by Gasteiger charge is 2.14. The van der Waals surface area contributed by atoms with Gasteiger partial charge in [0.1, 0.15) is 12.4 Å².